The van der Waals surface area contributed by atoms with Gasteiger partial charge in [-0.15, -0.1) is 0 Å². The number of alkyl halides is 2. The van der Waals surface area contributed by atoms with Gasteiger partial charge in [0.2, 0.25) is 0 Å². The summed E-state index contributed by atoms with van der Waals surface area (Å²) in [6, 6.07) is 6.73. The number of amides is 1. The first-order valence-electron chi connectivity index (χ1n) is 13.3. The minimum Gasteiger partial charge on any atom is -0.378 e. The summed E-state index contributed by atoms with van der Waals surface area (Å²) in [6.07, 6.45) is -1.79. The molecule has 3 heterocycles. The number of rotatable bonds is 6. The van der Waals surface area contributed by atoms with Crippen molar-refractivity contribution in [2.24, 2.45) is 0 Å². The van der Waals surface area contributed by atoms with Gasteiger partial charge < -0.3 is 24.8 Å². The molecule has 2 aromatic carbocycles. The Labute approximate surface area is 234 Å². The zero-order chi connectivity index (χ0) is 29.3. The number of nitrogens with zero attached hydrogens (tertiary/aromatic N) is 4. The van der Waals surface area contributed by atoms with E-state index in [1.54, 1.807) is 11.0 Å². The van der Waals surface area contributed by atoms with Crippen LogP contribution in [0.5, 0.6) is 0 Å². The zero-order valence-corrected chi connectivity index (χ0v) is 22.6. The second kappa shape index (κ2) is 12.0. The maximum atomic E-state index is 16.3. The predicted molar refractivity (Wildman–Crippen MR) is 146 cm³/mol. The Kier molecular flexibility index (Phi) is 8.41. The Balaban J connectivity index is 1.56. The van der Waals surface area contributed by atoms with Gasteiger partial charge >= 0.3 is 0 Å². The third-order valence-electron chi connectivity index (χ3n) is 7.60. The van der Waals surface area contributed by atoms with Crippen LogP contribution in [-0.2, 0) is 4.74 Å². The van der Waals surface area contributed by atoms with Crippen LogP contribution in [-0.4, -0.2) is 74.8 Å². The van der Waals surface area contributed by atoms with E-state index in [9.17, 15) is 18.0 Å². The Morgan fingerprint density at radius 1 is 1.02 bits per heavy atom. The van der Waals surface area contributed by atoms with Gasteiger partial charge in [-0.1, -0.05) is 0 Å². The zero-order valence-electron chi connectivity index (χ0n) is 22.6. The molecule has 0 bridgehead atoms. The second-order valence-electron chi connectivity index (χ2n) is 10.2. The van der Waals surface area contributed by atoms with Gasteiger partial charge in [0.1, 0.15) is 23.1 Å². The molecule has 2 fully saturated rings. The largest absolute Gasteiger partial charge is 0.378 e. The van der Waals surface area contributed by atoms with Crippen molar-refractivity contribution < 1.29 is 31.5 Å². The Bertz CT molecular complexity index is 1420. The van der Waals surface area contributed by atoms with Crippen LogP contribution in [0.2, 0.25) is 0 Å². The van der Waals surface area contributed by atoms with Crippen molar-refractivity contribution in [1.82, 2.24) is 9.88 Å². The number of pyridine rings is 1. The number of benzene rings is 2. The standard InChI is InChI=1S/C29H30F5N5O2/c1-17-16-39(8-7-37(17)2)23-14-22(31)25(18-3-6-24(35-15-18)38-9-11-41-12-10-38)26(32)27(23)36-29(40)20-5-4-19(30)13-21(20)28(33)34/h3-6,13-15,17,28H,7-12,16H2,1-2H3,(H,36,40). The number of nitrogens with one attached hydrogen (secondary N) is 1. The SMILES string of the molecule is CC1CN(c2cc(F)c(-c3ccc(N4CCOCC4)nc3)c(F)c2NC(=O)c2ccc(F)cc2C(F)F)CCN1C. The first kappa shape index (κ1) is 28.7. The van der Waals surface area contributed by atoms with E-state index < -0.39 is 46.5 Å². The second-order valence-corrected chi connectivity index (χ2v) is 10.2. The molecule has 1 aromatic heterocycles. The molecule has 0 radical (unpaired) electrons. The molecule has 2 aliphatic heterocycles. The molecule has 1 atom stereocenters. The number of carbonyl (C=O) groups excluding carboxylic acids is 1. The molecule has 2 saturated heterocycles. The van der Waals surface area contributed by atoms with Gasteiger partial charge in [-0.3, -0.25) is 4.79 Å². The lowest BCUT2D eigenvalue weighted by atomic mass is 10.0. The number of aromatic nitrogens is 1. The molecule has 3 aromatic rings. The van der Waals surface area contributed by atoms with Crippen LogP contribution >= 0.6 is 0 Å². The number of morpholine rings is 1. The molecule has 1 N–H and O–H groups in total. The first-order valence-corrected chi connectivity index (χ1v) is 13.3. The third kappa shape index (κ3) is 5.98. The van der Waals surface area contributed by atoms with Crippen LogP contribution < -0.4 is 15.1 Å². The van der Waals surface area contributed by atoms with Crippen LogP contribution in [0.4, 0.5) is 39.1 Å². The summed E-state index contributed by atoms with van der Waals surface area (Å²) in [5.74, 6) is -3.31. The van der Waals surface area contributed by atoms with Crippen LogP contribution in [0, 0.1) is 17.5 Å². The third-order valence-corrected chi connectivity index (χ3v) is 7.60. The van der Waals surface area contributed by atoms with Crippen LogP contribution in [0.25, 0.3) is 11.1 Å². The molecular weight excluding hydrogens is 545 g/mol. The van der Waals surface area contributed by atoms with Crippen molar-refractivity contribution in [3.05, 3.63) is 71.2 Å². The van der Waals surface area contributed by atoms with E-state index in [-0.39, 0.29) is 23.0 Å². The lowest BCUT2D eigenvalue weighted by molar-refractivity contribution is 0.101. The highest BCUT2D eigenvalue weighted by atomic mass is 19.3. The summed E-state index contributed by atoms with van der Waals surface area (Å²) < 4.78 is 78.3. The molecular formula is C29H30F5N5O2. The number of hydrogen-bond donors (Lipinski definition) is 1. The predicted octanol–water partition coefficient (Wildman–Crippen LogP) is 5.33. The lowest BCUT2D eigenvalue weighted by Gasteiger charge is -2.39. The van der Waals surface area contributed by atoms with Gasteiger partial charge in [-0.05, 0) is 44.3 Å². The summed E-state index contributed by atoms with van der Waals surface area (Å²) in [4.78, 5) is 23.4. The highest BCUT2D eigenvalue weighted by Gasteiger charge is 2.29. The van der Waals surface area contributed by atoms with E-state index in [1.165, 1.54) is 12.3 Å². The number of ether oxygens (including phenoxy) is 1. The Hall–Kier alpha value is -3.77. The molecule has 2 aliphatic rings. The smallest absolute Gasteiger partial charge is 0.264 e. The minimum atomic E-state index is -3.14. The van der Waals surface area contributed by atoms with Crippen molar-refractivity contribution in [2.45, 2.75) is 19.4 Å². The number of piperazine rings is 1. The average molecular weight is 576 g/mol. The lowest BCUT2D eigenvalue weighted by Crippen LogP contribution is -2.50. The summed E-state index contributed by atoms with van der Waals surface area (Å²) in [7, 11) is 1.93. The highest BCUT2D eigenvalue weighted by Crippen LogP contribution is 2.39. The number of halogens is 5. The van der Waals surface area contributed by atoms with Crippen LogP contribution in [0.15, 0.2) is 42.6 Å². The molecule has 1 unspecified atom stereocenters. The number of likely N-dealkylation sites (N-methyl/N-ethyl adjacent to an activating group) is 1. The fourth-order valence-corrected chi connectivity index (χ4v) is 5.12. The van der Waals surface area contributed by atoms with E-state index >= 15 is 8.78 Å². The average Bonchev–Trinajstić information content (AvgIpc) is 2.96. The summed E-state index contributed by atoms with van der Waals surface area (Å²) in [5.41, 5.74) is -1.90. The van der Waals surface area contributed by atoms with Gasteiger partial charge in [0.25, 0.3) is 12.3 Å². The number of carbonyl (C=O) groups is 1. The first-order chi connectivity index (χ1) is 19.6. The molecule has 218 valence electrons. The molecule has 41 heavy (non-hydrogen) atoms. The topological polar surface area (TPSA) is 60.9 Å². The minimum absolute atomic E-state index is 0.0394. The van der Waals surface area contributed by atoms with Crippen molar-refractivity contribution in [3.8, 4) is 11.1 Å². The van der Waals surface area contributed by atoms with Gasteiger partial charge in [0, 0.05) is 67.7 Å². The van der Waals surface area contributed by atoms with Gasteiger partial charge in [0.05, 0.1) is 24.5 Å². The van der Waals surface area contributed by atoms with E-state index in [0.29, 0.717) is 57.8 Å². The summed E-state index contributed by atoms with van der Waals surface area (Å²) in [6.45, 7) is 5.73. The monoisotopic (exact) mass is 575 g/mol. The van der Waals surface area contributed by atoms with E-state index in [2.05, 4.69) is 15.2 Å². The van der Waals surface area contributed by atoms with Crippen molar-refractivity contribution in [1.29, 1.82) is 0 Å². The van der Waals surface area contributed by atoms with Gasteiger partial charge in [-0.2, -0.15) is 0 Å². The number of anilines is 3. The van der Waals surface area contributed by atoms with E-state index in [1.807, 2.05) is 18.9 Å². The van der Waals surface area contributed by atoms with E-state index in [4.69, 9.17) is 4.74 Å². The summed E-state index contributed by atoms with van der Waals surface area (Å²) >= 11 is 0. The van der Waals surface area contributed by atoms with Crippen molar-refractivity contribution in [2.75, 3.05) is 68.1 Å². The summed E-state index contributed by atoms with van der Waals surface area (Å²) in [5, 5.41) is 2.40. The normalized spacial score (nSPS) is 18.2. The molecule has 0 aliphatic carbocycles. The van der Waals surface area contributed by atoms with Crippen molar-refractivity contribution in [3.63, 3.8) is 0 Å². The fraction of sp³-hybridized carbons (Fsp3) is 0.379. The Morgan fingerprint density at radius 3 is 2.44 bits per heavy atom. The van der Waals surface area contributed by atoms with E-state index in [0.717, 1.165) is 18.2 Å². The molecule has 0 spiro atoms. The quantitative estimate of drug-likeness (QED) is 0.401. The molecule has 5 rings (SSSR count). The van der Waals surface area contributed by atoms with Crippen LogP contribution in [0.1, 0.15) is 29.3 Å². The van der Waals surface area contributed by atoms with Crippen molar-refractivity contribution >= 4 is 23.1 Å². The fourth-order valence-electron chi connectivity index (χ4n) is 5.12. The molecule has 12 heteroatoms. The Morgan fingerprint density at radius 2 is 1.78 bits per heavy atom. The molecule has 0 saturated carbocycles. The highest BCUT2D eigenvalue weighted by molar-refractivity contribution is 6.07. The van der Waals surface area contributed by atoms with Gasteiger partial charge in [0.15, 0.2) is 5.82 Å². The molecule has 7 nitrogen and oxygen atoms in total. The van der Waals surface area contributed by atoms with Crippen LogP contribution in [0.3, 0.4) is 0 Å². The number of hydrogen-bond acceptors (Lipinski definition) is 6. The maximum Gasteiger partial charge on any atom is 0.264 e. The molecule has 1 amide bonds. The van der Waals surface area contributed by atoms with Gasteiger partial charge in [-0.25, -0.2) is 26.9 Å². The maximum absolute atomic E-state index is 16.3.